The summed E-state index contributed by atoms with van der Waals surface area (Å²) < 4.78 is 0. The van der Waals surface area contributed by atoms with Crippen LogP contribution in [0.5, 0.6) is 0 Å². The van der Waals surface area contributed by atoms with Crippen molar-refractivity contribution in [1.82, 2.24) is 24.8 Å². The highest BCUT2D eigenvalue weighted by Gasteiger charge is 2.20. The third-order valence-electron chi connectivity index (χ3n) is 3.84. The summed E-state index contributed by atoms with van der Waals surface area (Å²) in [5.74, 6) is 0.486. The van der Waals surface area contributed by atoms with Crippen molar-refractivity contribution in [3.05, 3.63) is 48.0 Å². The van der Waals surface area contributed by atoms with Crippen LogP contribution in [0.25, 0.3) is 0 Å². The summed E-state index contributed by atoms with van der Waals surface area (Å²) in [6.45, 7) is 3.84. The predicted molar refractivity (Wildman–Crippen MR) is 87.0 cm³/mol. The molecule has 1 N–H and O–H groups in total. The van der Waals surface area contributed by atoms with Gasteiger partial charge in [-0.1, -0.05) is 6.07 Å². The van der Waals surface area contributed by atoms with Gasteiger partial charge in [-0.2, -0.15) is 0 Å². The number of rotatable bonds is 4. The summed E-state index contributed by atoms with van der Waals surface area (Å²) in [6, 6.07) is 5.74. The fraction of sp³-hybridized carbons (Fsp3) is 0.375. The first kappa shape index (κ1) is 15.4. The molecular formula is C16H20N6O. The fourth-order valence-corrected chi connectivity index (χ4v) is 2.39. The minimum Gasteiger partial charge on any atom is -0.349 e. The second-order valence-corrected chi connectivity index (χ2v) is 5.57. The van der Waals surface area contributed by atoms with Crippen LogP contribution in [-0.4, -0.2) is 63.9 Å². The minimum atomic E-state index is -0.00521. The maximum Gasteiger partial charge on any atom is 0.257 e. The number of anilines is 1. The van der Waals surface area contributed by atoms with Crippen molar-refractivity contribution in [2.75, 3.05) is 38.5 Å². The predicted octanol–water partition coefficient (Wildman–Crippen LogP) is 0.871. The Morgan fingerprint density at radius 3 is 2.52 bits per heavy atom. The lowest BCUT2D eigenvalue weighted by molar-refractivity contribution is 0.0663. The Labute approximate surface area is 135 Å². The molecule has 0 saturated carbocycles. The van der Waals surface area contributed by atoms with Gasteiger partial charge in [0.15, 0.2) is 0 Å². The van der Waals surface area contributed by atoms with Gasteiger partial charge >= 0.3 is 0 Å². The largest absolute Gasteiger partial charge is 0.349 e. The summed E-state index contributed by atoms with van der Waals surface area (Å²) in [5, 5.41) is 3.10. The highest BCUT2D eigenvalue weighted by molar-refractivity contribution is 5.93. The molecule has 1 saturated heterocycles. The number of carbonyl (C=O) groups is 1. The molecule has 0 unspecified atom stereocenters. The molecule has 0 atom stereocenters. The Morgan fingerprint density at radius 1 is 1.13 bits per heavy atom. The second-order valence-electron chi connectivity index (χ2n) is 5.57. The van der Waals surface area contributed by atoms with E-state index in [-0.39, 0.29) is 5.91 Å². The first-order valence-electron chi connectivity index (χ1n) is 7.66. The van der Waals surface area contributed by atoms with Crippen LogP contribution in [0.2, 0.25) is 0 Å². The number of amides is 1. The number of piperazine rings is 1. The topological polar surface area (TPSA) is 74.2 Å². The quantitative estimate of drug-likeness (QED) is 0.903. The first-order chi connectivity index (χ1) is 11.2. The van der Waals surface area contributed by atoms with E-state index in [1.54, 1.807) is 18.6 Å². The van der Waals surface area contributed by atoms with Gasteiger partial charge in [0.05, 0.1) is 17.8 Å². The molecule has 0 radical (unpaired) electrons. The molecular weight excluding hydrogens is 292 g/mol. The number of carbonyl (C=O) groups excluding carboxylic acids is 1. The molecule has 1 amide bonds. The van der Waals surface area contributed by atoms with Gasteiger partial charge < -0.3 is 15.1 Å². The Kier molecular flexibility index (Phi) is 4.77. The molecule has 0 aromatic carbocycles. The average molecular weight is 312 g/mol. The summed E-state index contributed by atoms with van der Waals surface area (Å²) in [6.07, 6.45) is 4.90. The zero-order chi connectivity index (χ0) is 16.1. The standard InChI is InChI=1S/C16H20N6O/c1-21-6-8-22(9-7-21)15(23)13-10-18-16(19-11-13)20-12-14-4-2-3-5-17-14/h2-5,10-11H,6-9,12H2,1H3,(H,18,19,20). The molecule has 7 heteroatoms. The molecule has 0 bridgehead atoms. The van der Waals surface area contributed by atoms with Crippen LogP contribution in [0.4, 0.5) is 5.95 Å². The van der Waals surface area contributed by atoms with Crippen LogP contribution in [0.15, 0.2) is 36.8 Å². The van der Waals surface area contributed by atoms with E-state index in [1.165, 1.54) is 0 Å². The van der Waals surface area contributed by atoms with Crippen molar-refractivity contribution in [3.8, 4) is 0 Å². The Bertz CT molecular complexity index is 637. The monoisotopic (exact) mass is 312 g/mol. The van der Waals surface area contributed by atoms with Crippen molar-refractivity contribution in [1.29, 1.82) is 0 Å². The Hall–Kier alpha value is -2.54. The molecule has 0 aliphatic carbocycles. The SMILES string of the molecule is CN1CCN(C(=O)c2cnc(NCc3ccccn3)nc2)CC1. The zero-order valence-corrected chi connectivity index (χ0v) is 13.1. The van der Waals surface area contributed by atoms with E-state index in [4.69, 9.17) is 0 Å². The summed E-state index contributed by atoms with van der Waals surface area (Å²) in [7, 11) is 2.06. The molecule has 2 aromatic heterocycles. The fourth-order valence-electron chi connectivity index (χ4n) is 2.39. The van der Waals surface area contributed by atoms with Crippen molar-refractivity contribution in [2.24, 2.45) is 0 Å². The summed E-state index contributed by atoms with van der Waals surface area (Å²) in [5.41, 5.74) is 1.44. The third kappa shape index (κ3) is 4.01. The molecule has 1 fully saturated rings. The van der Waals surface area contributed by atoms with Gasteiger partial charge in [0.2, 0.25) is 5.95 Å². The lowest BCUT2D eigenvalue weighted by Gasteiger charge is -2.32. The Balaban J connectivity index is 1.57. The molecule has 120 valence electrons. The zero-order valence-electron chi connectivity index (χ0n) is 13.1. The maximum atomic E-state index is 12.4. The highest BCUT2D eigenvalue weighted by Crippen LogP contribution is 2.08. The third-order valence-corrected chi connectivity index (χ3v) is 3.84. The lowest BCUT2D eigenvalue weighted by atomic mass is 10.2. The van der Waals surface area contributed by atoms with Crippen LogP contribution in [0.1, 0.15) is 16.1 Å². The van der Waals surface area contributed by atoms with E-state index in [2.05, 4.69) is 32.2 Å². The normalized spacial score (nSPS) is 15.4. The van der Waals surface area contributed by atoms with Crippen molar-refractivity contribution < 1.29 is 4.79 Å². The van der Waals surface area contributed by atoms with Crippen LogP contribution >= 0.6 is 0 Å². The van der Waals surface area contributed by atoms with Crippen molar-refractivity contribution >= 4 is 11.9 Å². The number of nitrogens with one attached hydrogen (secondary N) is 1. The lowest BCUT2D eigenvalue weighted by Crippen LogP contribution is -2.47. The summed E-state index contributed by atoms with van der Waals surface area (Å²) >= 11 is 0. The molecule has 2 aromatic rings. The number of hydrogen-bond donors (Lipinski definition) is 1. The molecule has 1 aliphatic heterocycles. The number of pyridine rings is 1. The van der Waals surface area contributed by atoms with Gasteiger partial charge in [-0.25, -0.2) is 9.97 Å². The van der Waals surface area contributed by atoms with Gasteiger partial charge in [0.25, 0.3) is 5.91 Å². The van der Waals surface area contributed by atoms with E-state index in [9.17, 15) is 4.79 Å². The van der Waals surface area contributed by atoms with Crippen molar-refractivity contribution in [2.45, 2.75) is 6.54 Å². The molecule has 23 heavy (non-hydrogen) atoms. The van der Waals surface area contributed by atoms with Gasteiger partial charge in [0, 0.05) is 44.8 Å². The molecule has 0 spiro atoms. The van der Waals surface area contributed by atoms with Crippen LogP contribution in [-0.2, 0) is 6.54 Å². The molecule has 3 heterocycles. The highest BCUT2D eigenvalue weighted by atomic mass is 16.2. The van der Waals surface area contributed by atoms with Crippen molar-refractivity contribution in [3.63, 3.8) is 0 Å². The van der Waals surface area contributed by atoms with Crippen LogP contribution in [0, 0.1) is 0 Å². The van der Waals surface area contributed by atoms with E-state index in [1.807, 2.05) is 23.1 Å². The second kappa shape index (κ2) is 7.15. The maximum absolute atomic E-state index is 12.4. The molecule has 7 nitrogen and oxygen atoms in total. The number of likely N-dealkylation sites (N-methyl/N-ethyl adjacent to an activating group) is 1. The number of nitrogens with zero attached hydrogens (tertiary/aromatic N) is 5. The van der Waals surface area contributed by atoms with Gasteiger partial charge in [0.1, 0.15) is 0 Å². The minimum absolute atomic E-state index is 0.00521. The van der Waals surface area contributed by atoms with E-state index in [0.717, 1.165) is 31.9 Å². The van der Waals surface area contributed by atoms with Gasteiger partial charge in [-0.15, -0.1) is 0 Å². The van der Waals surface area contributed by atoms with Gasteiger partial charge in [-0.3, -0.25) is 9.78 Å². The Morgan fingerprint density at radius 2 is 1.87 bits per heavy atom. The smallest absolute Gasteiger partial charge is 0.257 e. The number of hydrogen-bond acceptors (Lipinski definition) is 6. The summed E-state index contributed by atoms with van der Waals surface area (Å²) in [4.78, 5) is 29.1. The van der Waals surface area contributed by atoms with Gasteiger partial charge in [-0.05, 0) is 19.2 Å². The molecule has 1 aliphatic rings. The number of aromatic nitrogens is 3. The average Bonchev–Trinajstić information content (AvgIpc) is 2.61. The molecule has 3 rings (SSSR count). The first-order valence-corrected chi connectivity index (χ1v) is 7.66. The van der Waals surface area contributed by atoms with Crippen LogP contribution < -0.4 is 5.32 Å². The van der Waals surface area contributed by atoms with E-state index in [0.29, 0.717) is 18.1 Å². The van der Waals surface area contributed by atoms with E-state index >= 15 is 0 Å². The van der Waals surface area contributed by atoms with E-state index < -0.39 is 0 Å². The van der Waals surface area contributed by atoms with Crippen LogP contribution in [0.3, 0.4) is 0 Å².